The summed E-state index contributed by atoms with van der Waals surface area (Å²) in [6, 6.07) is 0. The van der Waals surface area contributed by atoms with Crippen molar-refractivity contribution in [2.45, 2.75) is 33.1 Å². The topological polar surface area (TPSA) is 92.4 Å². The van der Waals surface area contributed by atoms with Crippen LogP contribution >= 0.6 is 0 Å². The predicted molar refractivity (Wildman–Crippen MR) is 62.0 cm³/mol. The Kier molecular flexibility index (Phi) is 3.11. The van der Waals surface area contributed by atoms with Gasteiger partial charge in [-0.25, -0.2) is 0 Å². The van der Waals surface area contributed by atoms with Crippen LogP contribution in [0.15, 0.2) is 4.52 Å². The zero-order valence-corrected chi connectivity index (χ0v) is 10.4. The van der Waals surface area contributed by atoms with Gasteiger partial charge in [-0.05, 0) is 26.7 Å². The number of aryl methyl sites for hydroxylation is 2. The van der Waals surface area contributed by atoms with Gasteiger partial charge in [-0.15, -0.1) is 0 Å². The average Bonchev–Trinajstić information content (AvgIpc) is 3.05. The number of carbonyl (C=O) groups excluding carboxylic acids is 1. The molecular formula is C12H16N2O4. The lowest BCUT2D eigenvalue weighted by atomic mass is 10.1. The lowest BCUT2D eigenvalue weighted by Crippen LogP contribution is -2.35. The van der Waals surface area contributed by atoms with E-state index >= 15 is 0 Å². The summed E-state index contributed by atoms with van der Waals surface area (Å²) in [6.45, 7) is 3.73. The Morgan fingerprint density at radius 2 is 2.11 bits per heavy atom. The van der Waals surface area contributed by atoms with Crippen molar-refractivity contribution in [2.75, 3.05) is 6.54 Å². The molecule has 1 heterocycles. The molecule has 0 bridgehead atoms. The normalized spacial score (nSPS) is 16.3. The van der Waals surface area contributed by atoms with Crippen molar-refractivity contribution >= 4 is 11.9 Å². The summed E-state index contributed by atoms with van der Waals surface area (Å²) in [7, 11) is 0. The molecule has 0 atom stereocenters. The Balaban J connectivity index is 1.88. The number of nitrogens with zero attached hydrogens (tertiary/aromatic N) is 1. The molecule has 1 amide bonds. The Labute approximate surface area is 104 Å². The molecule has 0 aliphatic heterocycles. The van der Waals surface area contributed by atoms with Gasteiger partial charge >= 0.3 is 5.97 Å². The lowest BCUT2D eigenvalue weighted by molar-refractivity contribution is -0.143. The summed E-state index contributed by atoms with van der Waals surface area (Å²) in [5.41, 5.74) is 0.740. The zero-order chi connectivity index (χ0) is 13.3. The minimum atomic E-state index is -0.833. The standard InChI is InChI=1S/C12H16N2O4/c1-7-9(8(2)18-14-7)5-10(15)13-6-12(3-4-12)11(16)17/h3-6H2,1-2H3,(H,13,15)(H,16,17). The lowest BCUT2D eigenvalue weighted by Gasteiger charge is -2.10. The van der Waals surface area contributed by atoms with E-state index in [1.54, 1.807) is 13.8 Å². The number of nitrogens with one attached hydrogen (secondary N) is 1. The third-order valence-corrected chi connectivity index (χ3v) is 3.45. The van der Waals surface area contributed by atoms with Crippen LogP contribution in [-0.2, 0) is 16.0 Å². The van der Waals surface area contributed by atoms with Crippen molar-refractivity contribution in [1.82, 2.24) is 10.5 Å². The van der Waals surface area contributed by atoms with Crippen LogP contribution in [-0.4, -0.2) is 28.7 Å². The fourth-order valence-electron chi connectivity index (χ4n) is 1.86. The van der Waals surface area contributed by atoms with Gasteiger partial charge in [0.05, 0.1) is 17.5 Å². The maximum atomic E-state index is 11.7. The third kappa shape index (κ3) is 2.37. The number of aliphatic carboxylic acids is 1. The molecular weight excluding hydrogens is 236 g/mol. The molecule has 0 aromatic carbocycles. The van der Waals surface area contributed by atoms with Crippen molar-refractivity contribution in [3.05, 3.63) is 17.0 Å². The minimum Gasteiger partial charge on any atom is -0.481 e. The largest absolute Gasteiger partial charge is 0.481 e. The van der Waals surface area contributed by atoms with E-state index in [1.807, 2.05) is 0 Å². The molecule has 0 radical (unpaired) electrons. The van der Waals surface area contributed by atoms with E-state index in [2.05, 4.69) is 10.5 Å². The van der Waals surface area contributed by atoms with Crippen molar-refractivity contribution in [3.63, 3.8) is 0 Å². The van der Waals surface area contributed by atoms with Gasteiger partial charge in [0.15, 0.2) is 0 Å². The smallest absolute Gasteiger partial charge is 0.311 e. The van der Waals surface area contributed by atoms with Crippen molar-refractivity contribution in [3.8, 4) is 0 Å². The van der Waals surface area contributed by atoms with Crippen molar-refractivity contribution in [1.29, 1.82) is 0 Å². The minimum absolute atomic E-state index is 0.177. The number of amides is 1. The van der Waals surface area contributed by atoms with Gasteiger partial charge in [-0.1, -0.05) is 5.16 Å². The molecule has 1 fully saturated rings. The van der Waals surface area contributed by atoms with Crippen LogP contribution < -0.4 is 5.32 Å². The van der Waals surface area contributed by atoms with Crippen LogP contribution in [0.5, 0.6) is 0 Å². The first-order chi connectivity index (χ1) is 8.44. The second-order valence-corrected chi connectivity index (χ2v) is 4.84. The molecule has 0 unspecified atom stereocenters. The predicted octanol–water partition coefficient (Wildman–Crippen LogP) is 0.815. The highest BCUT2D eigenvalue weighted by Crippen LogP contribution is 2.45. The second-order valence-electron chi connectivity index (χ2n) is 4.84. The molecule has 6 heteroatoms. The molecule has 98 valence electrons. The Morgan fingerprint density at radius 3 is 2.56 bits per heavy atom. The van der Waals surface area contributed by atoms with Crippen LogP contribution in [0.4, 0.5) is 0 Å². The van der Waals surface area contributed by atoms with Gasteiger partial charge in [0.25, 0.3) is 0 Å². The van der Waals surface area contributed by atoms with Crippen molar-refractivity contribution < 1.29 is 19.2 Å². The molecule has 1 aliphatic rings. The van der Waals surface area contributed by atoms with Gasteiger partial charge in [0, 0.05) is 12.1 Å². The maximum absolute atomic E-state index is 11.7. The Hall–Kier alpha value is -1.85. The van der Waals surface area contributed by atoms with Gasteiger partial charge in [-0.3, -0.25) is 9.59 Å². The van der Waals surface area contributed by atoms with E-state index in [1.165, 1.54) is 0 Å². The highest BCUT2D eigenvalue weighted by atomic mass is 16.5. The third-order valence-electron chi connectivity index (χ3n) is 3.45. The average molecular weight is 252 g/mol. The molecule has 1 saturated carbocycles. The fraction of sp³-hybridized carbons (Fsp3) is 0.583. The van der Waals surface area contributed by atoms with Crippen molar-refractivity contribution in [2.24, 2.45) is 5.41 Å². The highest BCUT2D eigenvalue weighted by molar-refractivity contribution is 5.82. The first-order valence-electron chi connectivity index (χ1n) is 5.86. The summed E-state index contributed by atoms with van der Waals surface area (Å²) in [4.78, 5) is 22.7. The number of carbonyl (C=O) groups is 2. The van der Waals surface area contributed by atoms with E-state index in [-0.39, 0.29) is 18.9 Å². The molecule has 0 saturated heterocycles. The van der Waals surface area contributed by atoms with Crippen LogP contribution in [0, 0.1) is 19.3 Å². The molecule has 2 N–H and O–H groups in total. The molecule has 1 aromatic heterocycles. The number of rotatable bonds is 5. The first-order valence-corrected chi connectivity index (χ1v) is 5.86. The van der Waals surface area contributed by atoms with Crippen LogP contribution in [0.2, 0.25) is 0 Å². The first kappa shape index (κ1) is 12.6. The van der Waals surface area contributed by atoms with Gasteiger partial charge in [0.1, 0.15) is 5.76 Å². The Bertz CT molecular complexity index is 469. The van der Waals surface area contributed by atoms with E-state index < -0.39 is 11.4 Å². The SMILES string of the molecule is Cc1noc(C)c1CC(=O)NCC1(C(=O)O)CC1. The number of carboxylic acids is 1. The number of hydrogen-bond acceptors (Lipinski definition) is 4. The molecule has 18 heavy (non-hydrogen) atoms. The molecule has 2 rings (SSSR count). The second kappa shape index (κ2) is 4.44. The number of aromatic nitrogens is 1. The molecule has 1 aliphatic carbocycles. The summed E-state index contributed by atoms with van der Waals surface area (Å²) in [6.07, 6.45) is 1.44. The van der Waals surface area contributed by atoms with E-state index in [9.17, 15) is 9.59 Å². The van der Waals surface area contributed by atoms with Gasteiger partial charge < -0.3 is 14.9 Å². The van der Waals surface area contributed by atoms with E-state index in [0.717, 1.165) is 5.56 Å². The maximum Gasteiger partial charge on any atom is 0.311 e. The van der Waals surface area contributed by atoms with E-state index in [0.29, 0.717) is 24.3 Å². The van der Waals surface area contributed by atoms with Gasteiger partial charge in [0.2, 0.25) is 5.91 Å². The number of hydrogen-bond donors (Lipinski definition) is 2. The van der Waals surface area contributed by atoms with Crippen LogP contribution in [0.3, 0.4) is 0 Å². The number of carboxylic acid groups (broad SMARTS) is 1. The monoisotopic (exact) mass is 252 g/mol. The molecule has 0 spiro atoms. The van der Waals surface area contributed by atoms with Crippen LogP contribution in [0.1, 0.15) is 29.9 Å². The quantitative estimate of drug-likeness (QED) is 0.809. The highest BCUT2D eigenvalue weighted by Gasteiger charge is 2.50. The van der Waals surface area contributed by atoms with Crippen LogP contribution in [0.25, 0.3) is 0 Å². The Morgan fingerprint density at radius 1 is 1.44 bits per heavy atom. The van der Waals surface area contributed by atoms with Gasteiger partial charge in [-0.2, -0.15) is 0 Å². The summed E-state index contributed by atoms with van der Waals surface area (Å²) < 4.78 is 4.97. The molecule has 6 nitrogen and oxygen atoms in total. The molecule has 1 aromatic rings. The summed E-state index contributed by atoms with van der Waals surface area (Å²) in [5, 5.41) is 15.4. The fourth-order valence-corrected chi connectivity index (χ4v) is 1.86. The summed E-state index contributed by atoms with van der Waals surface area (Å²) >= 11 is 0. The summed E-state index contributed by atoms with van der Waals surface area (Å²) in [5.74, 6) is -0.404. The zero-order valence-electron chi connectivity index (χ0n) is 10.4. The van der Waals surface area contributed by atoms with E-state index in [4.69, 9.17) is 9.63 Å².